The van der Waals surface area contributed by atoms with Gasteiger partial charge in [0.05, 0.1) is 5.56 Å². The Hall–Kier alpha value is -3.84. The Bertz CT molecular complexity index is 1240. The fourth-order valence-corrected chi connectivity index (χ4v) is 4.70. The zero-order valence-corrected chi connectivity index (χ0v) is 20.2. The number of hydrogen-bond donors (Lipinski definition) is 2. The number of carbonyl (C=O) groups is 2. The number of nitrogens with one attached hydrogen (secondary N) is 2. The highest BCUT2D eigenvalue weighted by Gasteiger charge is 2.24. The van der Waals surface area contributed by atoms with E-state index in [1.165, 1.54) is 24.2 Å². The van der Waals surface area contributed by atoms with Crippen LogP contribution in [-0.4, -0.2) is 34.4 Å². The standard InChI is InChI=1S/C25H25N5O4S/c1-15(31)33-21-11-6-17(7-12-21)16-3-8-19(9-4-16)27-23(32)24-29-30-25(34-24)28-20-10-5-18(14-26)22(13-20)35-2/h3-5,8-10,13,17,21H,6-7,11-12H2,1-2H3,(H,27,32)(H,28,30). The minimum Gasteiger partial charge on any atom is -0.463 e. The van der Waals surface area contributed by atoms with Gasteiger partial charge < -0.3 is 19.8 Å². The number of nitrogens with zero attached hydrogens (tertiary/aromatic N) is 3. The van der Waals surface area contributed by atoms with Crippen molar-refractivity contribution in [2.75, 3.05) is 16.9 Å². The first kappa shape index (κ1) is 24.3. The number of benzene rings is 2. The van der Waals surface area contributed by atoms with Gasteiger partial charge in [-0.15, -0.1) is 16.9 Å². The van der Waals surface area contributed by atoms with Gasteiger partial charge in [-0.25, -0.2) is 0 Å². The molecule has 180 valence electrons. The molecule has 0 spiro atoms. The molecule has 4 rings (SSSR count). The van der Waals surface area contributed by atoms with Crippen LogP contribution in [0.2, 0.25) is 0 Å². The molecule has 1 aromatic heterocycles. The molecule has 0 radical (unpaired) electrons. The number of nitriles is 1. The van der Waals surface area contributed by atoms with Gasteiger partial charge in [0, 0.05) is 23.2 Å². The second-order valence-electron chi connectivity index (χ2n) is 8.22. The van der Waals surface area contributed by atoms with Crippen molar-refractivity contribution >= 4 is 41.0 Å². The summed E-state index contributed by atoms with van der Waals surface area (Å²) < 4.78 is 10.8. The molecule has 1 heterocycles. The number of amides is 1. The van der Waals surface area contributed by atoms with Crippen molar-refractivity contribution in [3.63, 3.8) is 0 Å². The van der Waals surface area contributed by atoms with E-state index in [0.29, 0.717) is 22.9 Å². The van der Waals surface area contributed by atoms with Crippen molar-refractivity contribution in [1.29, 1.82) is 5.26 Å². The molecule has 2 aromatic carbocycles. The largest absolute Gasteiger partial charge is 0.463 e. The molecule has 0 unspecified atom stereocenters. The topological polar surface area (TPSA) is 130 Å². The molecule has 1 amide bonds. The maximum atomic E-state index is 12.6. The number of hydrogen-bond acceptors (Lipinski definition) is 9. The molecule has 1 saturated carbocycles. The van der Waals surface area contributed by atoms with Crippen molar-refractivity contribution in [3.8, 4) is 6.07 Å². The SMILES string of the molecule is CSc1cc(Nc2nnc(C(=O)Nc3ccc(C4CCC(OC(C)=O)CC4)cc3)o2)ccc1C#N. The molecular formula is C25H25N5O4S. The van der Waals surface area contributed by atoms with Crippen LogP contribution in [0.15, 0.2) is 51.8 Å². The van der Waals surface area contributed by atoms with Gasteiger partial charge in [0.25, 0.3) is 0 Å². The van der Waals surface area contributed by atoms with Gasteiger partial charge in [0.1, 0.15) is 12.2 Å². The van der Waals surface area contributed by atoms with Crippen LogP contribution < -0.4 is 10.6 Å². The molecule has 0 aliphatic heterocycles. The summed E-state index contributed by atoms with van der Waals surface area (Å²) in [5.41, 5.74) is 3.06. The van der Waals surface area contributed by atoms with E-state index in [9.17, 15) is 9.59 Å². The van der Waals surface area contributed by atoms with Crippen LogP contribution in [0.25, 0.3) is 0 Å². The summed E-state index contributed by atoms with van der Waals surface area (Å²) in [7, 11) is 0. The minimum atomic E-state index is -0.509. The van der Waals surface area contributed by atoms with Crippen molar-refractivity contribution < 1.29 is 18.7 Å². The third-order valence-corrected chi connectivity index (χ3v) is 6.62. The fourth-order valence-electron chi connectivity index (χ4n) is 4.12. The van der Waals surface area contributed by atoms with Gasteiger partial charge in [0.15, 0.2) is 0 Å². The van der Waals surface area contributed by atoms with Crippen LogP contribution in [-0.2, 0) is 9.53 Å². The lowest BCUT2D eigenvalue weighted by Gasteiger charge is -2.28. The normalized spacial score (nSPS) is 17.3. The summed E-state index contributed by atoms with van der Waals surface area (Å²) in [4.78, 5) is 24.5. The van der Waals surface area contributed by atoms with E-state index >= 15 is 0 Å². The van der Waals surface area contributed by atoms with Crippen molar-refractivity contribution in [2.24, 2.45) is 0 Å². The quantitative estimate of drug-likeness (QED) is 0.336. The summed E-state index contributed by atoms with van der Waals surface area (Å²) in [5, 5.41) is 22.6. The highest BCUT2D eigenvalue weighted by Crippen LogP contribution is 2.34. The van der Waals surface area contributed by atoms with E-state index in [0.717, 1.165) is 30.6 Å². The molecule has 10 heteroatoms. The number of anilines is 3. The molecule has 1 aliphatic carbocycles. The van der Waals surface area contributed by atoms with Gasteiger partial charge in [-0.05, 0) is 73.8 Å². The Morgan fingerprint density at radius 1 is 1.09 bits per heavy atom. The van der Waals surface area contributed by atoms with Crippen LogP contribution in [0.5, 0.6) is 0 Å². The van der Waals surface area contributed by atoms with Gasteiger partial charge in [-0.2, -0.15) is 5.26 Å². The monoisotopic (exact) mass is 491 g/mol. The Morgan fingerprint density at radius 2 is 1.80 bits per heavy atom. The molecule has 0 atom stereocenters. The Morgan fingerprint density at radius 3 is 2.46 bits per heavy atom. The number of rotatable bonds is 7. The minimum absolute atomic E-state index is 0.0144. The lowest BCUT2D eigenvalue weighted by Crippen LogP contribution is -2.22. The first-order valence-electron chi connectivity index (χ1n) is 11.2. The maximum absolute atomic E-state index is 12.6. The molecule has 3 aromatic rings. The van der Waals surface area contributed by atoms with Crippen molar-refractivity contribution in [1.82, 2.24) is 10.2 Å². The number of ether oxygens (including phenoxy) is 1. The van der Waals surface area contributed by atoms with Gasteiger partial charge >= 0.3 is 23.8 Å². The lowest BCUT2D eigenvalue weighted by molar-refractivity contribution is -0.147. The van der Waals surface area contributed by atoms with E-state index in [1.807, 2.05) is 30.5 Å². The van der Waals surface area contributed by atoms with E-state index in [-0.39, 0.29) is 24.0 Å². The number of carbonyl (C=O) groups excluding carboxylic acids is 2. The van der Waals surface area contributed by atoms with Crippen molar-refractivity contribution in [3.05, 3.63) is 59.5 Å². The molecular weight excluding hydrogens is 466 g/mol. The smallest absolute Gasteiger partial charge is 0.320 e. The van der Waals surface area contributed by atoms with Crippen LogP contribution in [0, 0.1) is 11.3 Å². The highest BCUT2D eigenvalue weighted by atomic mass is 32.2. The van der Waals surface area contributed by atoms with Crippen molar-refractivity contribution in [2.45, 2.75) is 49.5 Å². The van der Waals surface area contributed by atoms with Crippen LogP contribution in [0.3, 0.4) is 0 Å². The number of aromatic nitrogens is 2. The molecule has 2 N–H and O–H groups in total. The van der Waals surface area contributed by atoms with Gasteiger partial charge in [0.2, 0.25) is 0 Å². The lowest BCUT2D eigenvalue weighted by atomic mass is 9.82. The average Bonchev–Trinajstić information content (AvgIpc) is 3.33. The summed E-state index contributed by atoms with van der Waals surface area (Å²) >= 11 is 1.46. The van der Waals surface area contributed by atoms with Crippen LogP contribution >= 0.6 is 11.8 Å². The highest BCUT2D eigenvalue weighted by molar-refractivity contribution is 7.98. The fraction of sp³-hybridized carbons (Fsp3) is 0.320. The van der Waals surface area contributed by atoms with E-state index < -0.39 is 5.91 Å². The molecule has 0 bridgehead atoms. The van der Waals surface area contributed by atoms with Gasteiger partial charge in [-0.3, -0.25) is 9.59 Å². The third-order valence-electron chi connectivity index (χ3n) is 5.84. The maximum Gasteiger partial charge on any atom is 0.320 e. The summed E-state index contributed by atoms with van der Waals surface area (Å²) in [6, 6.07) is 15.2. The zero-order valence-electron chi connectivity index (χ0n) is 19.4. The molecule has 9 nitrogen and oxygen atoms in total. The summed E-state index contributed by atoms with van der Waals surface area (Å²) in [6.45, 7) is 1.45. The summed E-state index contributed by atoms with van der Waals surface area (Å²) in [5.74, 6) is -0.495. The predicted molar refractivity (Wildman–Crippen MR) is 132 cm³/mol. The number of esters is 1. The second-order valence-corrected chi connectivity index (χ2v) is 9.07. The zero-order chi connectivity index (χ0) is 24.8. The van der Waals surface area contributed by atoms with Crippen LogP contribution in [0.4, 0.5) is 17.4 Å². The first-order valence-corrected chi connectivity index (χ1v) is 12.4. The summed E-state index contributed by atoms with van der Waals surface area (Å²) in [6.07, 6.45) is 5.53. The van der Waals surface area contributed by atoms with Gasteiger partial charge in [-0.1, -0.05) is 17.2 Å². The molecule has 1 fully saturated rings. The number of thioether (sulfide) groups is 1. The Kier molecular flexibility index (Phi) is 7.67. The predicted octanol–water partition coefficient (Wildman–Crippen LogP) is 5.25. The van der Waals surface area contributed by atoms with E-state index in [1.54, 1.807) is 18.2 Å². The van der Waals surface area contributed by atoms with E-state index in [2.05, 4.69) is 26.9 Å². The third kappa shape index (κ3) is 6.19. The molecule has 0 saturated heterocycles. The average molecular weight is 492 g/mol. The van der Waals surface area contributed by atoms with E-state index in [4.69, 9.17) is 14.4 Å². The molecule has 1 aliphatic rings. The van der Waals surface area contributed by atoms with Crippen LogP contribution in [0.1, 0.15) is 60.3 Å². The Labute approximate surface area is 207 Å². The molecule has 35 heavy (non-hydrogen) atoms. The first-order chi connectivity index (χ1) is 16.9. The second kappa shape index (κ2) is 11.1. The Balaban J connectivity index is 1.33.